The first-order chi connectivity index (χ1) is 15.4. The lowest BCUT2D eigenvalue weighted by Gasteiger charge is -2.26. The van der Waals surface area contributed by atoms with Gasteiger partial charge in [-0.05, 0) is 42.8 Å². The number of nitrogens with one attached hydrogen (secondary N) is 1. The van der Waals surface area contributed by atoms with E-state index in [1.807, 2.05) is 30.3 Å². The second-order valence-corrected chi connectivity index (χ2v) is 9.60. The molecule has 0 aromatic heterocycles. The first-order valence-corrected chi connectivity index (χ1v) is 12.6. The first kappa shape index (κ1) is 24.0. The highest BCUT2D eigenvalue weighted by Crippen LogP contribution is 2.23. The van der Waals surface area contributed by atoms with Crippen LogP contribution >= 0.6 is 0 Å². The average molecular weight is 462 g/mol. The summed E-state index contributed by atoms with van der Waals surface area (Å²) >= 11 is 0. The fourth-order valence-corrected chi connectivity index (χ4v) is 4.30. The number of amides is 1. The van der Waals surface area contributed by atoms with Crippen LogP contribution in [0.5, 0.6) is 5.75 Å². The minimum atomic E-state index is -3.46. The summed E-state index contributed by atoms with van der Waals surface area (Å²) in [6, 6.07) is 16.1. The van der Waals surface area contributed by atoms with Crippen LogP contribution in [0.25, 0.3) is 0 Å². The Morgan fingerprint density at radius 2 is 1.78 bits per heavy atom. The van der Waals surface area contributed by atoms with Gasteiger partial charge in [0.1, 0.15) is 5.75 Å². The van der Waals surface area contributed by atoms with Crippen LogP contribution in [-0.2, 0) is 26.1 Å². The predicted molar refractivity (Wildman–Crippen MR) is 124 cm³/mol. The van der Waals surface area contributed by atoms with Crippen LogP contribution in [0.3, 0.4) is 0 Å². The maximum atomic E-state index is 12.3. The van der Waals surface area contributed by atoms with Crippen molar-refractivity contribution in [2.75, 3.05) is 56.6 Å². The second-order valence-electron chi connectivity index (χ2n) is 7.70. The molecule has 1 N–H and O–H groups in total. The largest absolute Gasteiger partial charge is 0.484 e. The molecule has 2 aromatic carbocycles. The van der Waals surface area contributed by atoms with Gasteiger partial charge in [0.2, 0.25) is 10.0 Å². The molecule has 1 amide bonds. The normalized spacial score (nSPS) is 14.7. The number of hydrogen-bond donors (Lipinski definition) is 1. The third-order valence-corrected chi connectivity index (χ3v) is 6.28. The Morgan fingerprint density at radius 3 is 2.44 bits per heavy atom. The minimum Gasteiger partial charge on any atom is -0.484 e. The van der Waals surface area contributed by atoms with Crippen molar-refractivity contribution in [3.8, 4) is 5.75 Å². The van der Waals surface area contributed by atoms with Gasteiger partial charge in [0, 0.05) is 19.6 Å². The van der Waals surface area contributed by atoms with Gasteiger partial charge in [-0.1, -0.05) is 30.3 Å². The average Bonchev–Trinajstić information content (AvgIpc) is 2.80. The molecule has 0 atom stereocenters. The fourth-order valence-electron chi connectivity index (χ4n) is 3.41. The van der Waals surface area contributed by atoms with E-state index in [9.17, 15) is 13.2 Å². The molecule has 1 saturated heterocycles. The maximum absolute atomic E-state index is 12.3. The molecule has 2 aromatic rings. The highest BCUT2D eigenvalue weighted by atomic mass is 32.2. The molecule has 32 heavy (non-hydrogen) atoms. The number of carbonyl (C=O) groups excluding carboxylic acids is 1. The number of rotatable bonds is 11. The highest BCUT2D eigenvalue weighted by Gasteiger charge is 2.18. The maximum Gasteiger partial charge on any atom is 0.257 e. The molecule has 0 aliphatic carbocycles. The van der Waals surface area contributed by atoms with Crippen molar-refractivity contribution in [1.82, 2.24) is 10.2 Å². The van der Waals surface area contributed by atoms with Crippen molar-refractivity contribution < 1.29 is 22.7 Å². The van der Waals surface area contributed by atoms with Crippen molar-refractivity contribution in [3.05, 3.63) is 60.2 Å². The van der Waals surface area contributed by atoms with E-state index in [0.717, 1.165) is 44.8 Å². The third-order valence-electron chi connectivity index (χ3n) is 5.14. The predicted octanol–water partition coefficient (Wildman–Crippen LogP) is 1.87. The summed E-state index contributed by atoms with van der Waals surface area (Å²) in [5, 5.41) is 2.86. The van der Waals surface area contributed by atoms with Crippen LogP contribution in [0, 0.1) is 0 Å². The molecule has 0 bridgehead atoms. The number of sulfonamides is 1. The molecular formula is C23H31N3O5S. The highest BCUT2D eigenvalue weighted by molar-refractivity contribution is 7.92. The van der Waals surface area contributed by atoms with Gasteiger partial charge in [-0.15, -0.1) is 0 Å². The summed E-state index contributed by atoms with van der Waals surface area (Å²) < 4.78 is 36.8. The molecule has 8 nitrogen and oxygen atoms in total. The van der Waals surface area contributed by atoms with Crippen molar-refractivity contribution in [2.45, 2.75) is 13.0 Å². The molecule has 1 heterocycles. The zero-order valence-electron chi connectivity index (χ0n) is 18.4. The number of hydrogen-bond acceptors (Lipinski definition) is 6. The molecule has 1 fully saturated rings. The number of carbonyl (C=O) groups is 1. The van der Waals surface area contributed by atoms with E-state index in [-0.39, 0.29) is 19.1 Å². The van der Waals surface area contributed by atoms with E-state index in [4.69, 9.17) is 9.47 Å². The van der Waals surface area contributed by atoms with Gasteiger partial charge in [-0.3, -0.25) is 14.0 Å². The number of morpholine rings is 1. The molecule has 9 heteroatoms. The van der Waals surface area contributed by atoms with Gasteiger partial charge in [0.05, 0.1) is 31.7 Å². The van der Waals surface area contributed by atoms with E-state index in [2.05, 4.69) is 10.2 Å². The smallest absolute Gasteiger partial charge is 0.257 e. The molecule has 0 radical (unpaired) electrons. The fraction of sp³-hybridized carbons (Fsp3) is 0.435. The van der Waals surface area contributed by atoms with E-state index in [1.54, 1.807) is 24.3 Å². The molecular weight excluding hydrogens is 430 g/mol. The van der Waals surface area contributed by atoms with Crippen LogP contribution in [0.2, 0.25) is 0 Å². The van der Waals surface area contributed by atoms with E-state index in [0.29, 0.717) is 18.0 Å². The first-order valence-electron chi connectivity index (χ1n) is 10.7. The lowest BCUT2D eigenvalue weighted by Crippen LogP contribution is -2.38. The topological polar surface area (TPSA) is 88.2 Å². The van der Waals surface area contributed by atoms with E-state index < -0.39 is 10.0 Å². The Hall–Kier alpha value is -2.62. The number of benzene rings is 2. The van der Waals surface area contributed by atoms with Crippen LogP contribution in [-0.4, -0.2) is 71.5 Å². The third kappa shape index (κ3) is 7.81. The van der Waals surface area contributed by atoms with Crippen molar-refractivity contribution in [2.24, 2.45) is 0 Å². The number of anilines is 1. The molecule has 174 valence electrons. The van der Waals surface area contributed by atoms with Crippen LogP contribution in [0.1, 0.15) is 12.0 Å². The lowest BCUT2D eigenvalue weighted by atomic mass is 10.2. The summed E-state index contributed by atoms with van der Waals surface area (Å²) in [6.07, 6.45) is 2.06. The Morgan fingerprint density at radius 1 is 1.09 bits per heavy atom. The summed E-state index contributed by atoms with van der Waals surface area (Å²) in [7, 11) is -3.46. The van der Waals surface area contributed by atoms with Crippen molar-refractivity contribution in [3.63, 3.8) is 0 Å². The Kier molecular flexibility index (Phi) is 8.90. The van der Waals surface area contributed by atoms with Gasteiger partial charge in [-0.25, -0.2) is 8.42 Å². The molecule has 3 rings (SSSR count). The molecule has 1 aliphatic heterocycles. The summed E-state index contributed by atoms with van der Waals surface area (Å²) in [6.45, 7) is 5.11. The molecule has 1 aliphatic rings. The van der Waals surface area contributed by atoms with Crippen molar-refractivity contribution >= 4 is 21.6 Å². The second kappa shape index (κ2) is 11.8. The van der Waals surface area contributed by atoms with Gasteiger partial charge in [0.15, 0.2) is 6.61 Å². The standard InChI is InChI=1S/C23H31N3O5S/c1-32(28,29)26(18-20-6-3-2-4-7-20)21-8-10-22(11-9-21)31-19-23(27)24-12-5-13-25-14-16-30-17-15-25/h2-4,6-11H,5,12-19H2,1H3,(H,24,27). The molecule has 0 saturated carbocycles. The van der Waals surface area contributed by atoms with Crippen LogP contribution in [0.4, 0.5) is 5.69 Å². The zero-order valence-corrected chi connectivity index (χ0v) is 19.2. The van der Waals surface area contributed by atoms with Gasteiger partial charge in [-0.2, -0.15) is 0 Å². The van der Waals surface area contributed by atoms with Gasteiger partial charge in [0.25, 0.3) is 5.91 Å². The minimum absolute atomic E-state index is 0.0866. The molecule has 0 spiro atoms. The Bertz CT molecular complexity index is 945. The van der Waals surface area contributed by atoms with Gasteiger partial charge >= 0.3 is 0 Å². The summed E-state index contributed by atoms with van der Waals surface area (Å²) in [5.41, 5.74) is 1.43. The zero-order chi connectivity index (χ0) is 22.8. The van der Waals surface area contributed by atoms with Crippen molar-refractivity contribution in [1.29, 1.82) is 0 Å². The Balaban J connectivity index is 1.45. The number of ether oxygens (including phenoxy) is 2. The quantitative estimate of drug-likeness (QED) is 0.514. The van der Waals surface area contributed by atoms with Crippen LogP contribution < -0.4 is 14.4 Å². The lowest BCUT2D eigenvalue weighted by molar-refractivity contribution is -0.123. The summed E-state index contributed by atoms with van der Waals surface area (Å²) in [5.74, 6) is 0.322. The Labute approximate surface area is 190 Å². The molecule has 0 unspecified atom stereocenters. The van der Waals surface area contributed by atoms with Gasteiger partial charge < -0.3 is 14.8 Å². The monoisotopic (exact) mass is 461 g/mol. The van der Waals surface area contributed by atoms with E-state index in [1.165, 1.54) is 10.6 Å². The summed E-state index contributed by atoms with van der Waals surface area (Å²) in [4.78, 5) is 14.3. The van der Waals surface area contributed by atoms with Crippen LogP contribution in [0.15, 0.2) is 54.6 Å². The van der Waals surface area contributed by atoms with E-state index >= 15 is 0 Å². The SMILES string of the molecule is CS(=O)(=O)N(Cc1ccccc1)c1ccc(OCC(=O)NCCCN2CCOCC2)cc1. The number of nitrogens with zero attached hydrogens (tertiary/aromatic N) is 2.